The summed E-state index contributed by atoms with van der Waals surface area (Å²) in [6.07, 6.45) is -0.109. The third-order valence-electron chi connectivity index (χ3n) is 3.75. The van der Waals surface area contributed by atoms with Gasteiger partial charge in [0.2, 0.25) is 0 Å². The largest absolute Gasteiger partial charge is 0.469 e. The molecule has 1 heterocycles. The van der Waals surface area contributed by atoms with Gasteiger partial charge in [-0.1, -0.05) is 11.6 Å². The summed E-state index contributed by atoms with van der Waals surface area (Å²) >= 11 is 5.87. The van der Waals surface area contributed by atoms with Crippen LogP contribution in [0.1, 0.15) is 6.42 Å². The van der Waals surface area contributed by atoms with Crippen LogP contribution in [0.15, 0.2) is 18.2 Å². The molecule has 1 aromatic rings. The van der Waals surface area contributed by atoms with E-state index in [1.165, 1.54) is 19.2 Å². The lowest BCUT2D eigenvalue weighted by Gasteiger charge is -2.30. The van der Waals surface area contributed by atoms with Crippen LogP contribution in [-0.4, -0.2) is 50.6 Å². The Morgan fingerprint density at radius 3 is 2.92 bits per heavy atom. The Kier molecular flexibility index (Phi) is 6.10. The Balaban J connectivity index is 2.02. The van der Waals surface area contributed by atoms with Gasteiger partial charge in [0, 0.05) is 0 Å². The van der Waals surface area contributed by atoms with Gasteiger partial charge in [-0.2, -0.15) is 0 Å². The quantitative estimate of drug-likeness (QED) is 0.611. The lowest BCUT2D eigenvalue weighted by Crippen LogP contribution is -3.20. The third-order valence-corrected chi connectivity index (χ3v) is 4.06. The van der Waals surface area contributed by atoms with Crippen molar-refractivity contribution in [2.24, 2.45) is 0 Å². The van der Waals surface area contributed by atoms with Crippen LogP contribution in [0, 0.1) is 5.82 Å². The fourth-order valence-electron chi connectivity index (χ4n) is 2.52. The number of nitrogens with one attached hydrogen (secondary N) is 3. The predicted octanol–water partition coefficient (Wildman–Crippen LogP) is -0.636. The van der Waals surface area contributed by atoms with Crippen LogP contribution < -0.4 is 15.5 Å². The number of quaternary nitrogens is 1. The molecule has 1 aromatic carbocycles. The molecular formula is C15H18ClFN3O4+. The second-order valence-electron chi connectivity index (χ2n) is 5.38. The summed E-state index contributed by atoms with van der Waals surface area (Å²) in [5, 5.41) is 5.33. The van der Waals surface area contributed by atoms with E-state index in [0.29, 0.717) is 18.0 Å². The summed E-state index contributed by atoms with van der Waals surface area (Å²) in [5.74, 6) is -1.71. The molecule has 1 saturated heterocycles. The minimum absolute atomic E-state index is 0.0250. The standard InChI is InChI=1S/C15H17ClFN3O4/c1-24-14(22)7-12-15(23)18-4-5-20(12)8-13(21)19-11-3-2-9(17)6-10(11)16/h2-3,6,12H,4-5,7-8H2,1H3,(H,18,23)(H,19,21)/p+1/t12-/m0/s1. The number of hydrogen-bond donors (Lipinski definition) is 3. The molecule has 0 aromatic heterocycles. The molecule has 2 amide bonds. The first kappa shape index (κ1) is 18.2. The smallest absolute Gasteiger partial charge is 0.312 e. The highest BCUT2D eigenvalue weighted by molar-refractivity contribution is 6.33. The summed E-state index contributed by atoms with van der Waals surface area (Å²) in [4.78, 5) is 36.3. The minimum Gasteiger partial charge on any atom is -0.469 e. The van der Waals surface area contributed by atoms with Gasteiger partial charge < -0.3 is 20.3 Å². The molecule has 130 valence electrons. The second kappa shape index (κ2) is 8.07. The Hall–Kier alpha value is -2.19. The summed E-state index contributed by atoms with van der Waals surface area (Å²) in [6, 6.07) is 2.95. The van der Waals surface area contributed by atoms with E-state index < -0.39 is 17.8 Å². The van der Waals surface area contributed by atoms with Crippen molar-refractivity contribution in [1.82, 2.24) is 5.32 Å². The van der Waals surface area contributed by atoms with E-state index in [1.54, 1.807) is 0 Å². The number of amides is 2. The van der Waals surface area contributed by atoms with Crippen molar-refractivity contribution in [1.29, 1.82) is 0 Å². The molecule has 3 N–H and O–H groups in total. The third kappa shape index (κ3) is 4.65. The van der Waals surface area contributed by atoms with Crippen LogP contribution in [0.25, 0.3) is 0 Å². The molecule has 0 spiro atoms. The lowest BCUT2D eigenvalue weighted by atomic mass is 10.1. The van der Waals surface area contributed by atoms with Crippen molar-refractivity contribution in [3.63, 3.8) is 0 Å². The molecular weight excluding hydrogens is 341 g/mol. The van der Waals surface area contributed by atoms with Crippen molar-refractivity contribution in [3.05, 3.63) is 29.0 Å². The molecule has 9 heteroatoms. The maximum atomic E-state index is 13.0. The zero-order valence-electron chi connectivity index (χ0n) is 13.0. The van der Waals surface area contributed by atoms with Gasteiger partial charge in [0.1, 0.15) is 12.2 Å². The molecule has 0 bridgehead atoms. The van der Waals surface area contributed by atoms with Crippen molar-refractivity contribution in [2.45, 2.75) is 12.5 Å². The molecule has 0 saturated carbocycles. The molecule has 2 atom stereocenters. The fourth-order valence-corrected chi connectivity index (χ4v) is 2.73. The number of hydrogen-bond acceptors (Lipinski definition) is 4. The number of ether oxygens (including phenoxy) is 1. The van der Waals surface area contributed by atoms with Gasteiger partial charge in [0.05, 0.1) is 30.9 Å². The van der Waals surface area contributed by atoms with Crippen LogP contribution in [0.5, 0.6) is 0 Å². The Morgan fingerprint density at radius 2 is 2.25 bits per heavy atom. The van der Waals surface area contributed by atoms with E-state index in [2.05, 4.69) is 15.4 Å². The number of carbonyl (C=O) groups excluding carboxylic acids is 3. The fraction of sp³-hybridized carbons (Fsp3) is 0.400. The normalized spacial score (nSPS) is 20.2. The van der Waals surface area contributed by atoms with Crippen LogP contribution >= 0.6 is 11.6 Å². The Labute approximate surface area is 143 Å². The van der Waals surface area contributed by atoms with E-state index in [9.17, 15) is 18.8 Å². The molecule has 1 unspecified atom stereocenters. The summed E-state index contributed by atoms with van der Waals surface area (Å²) in [7, 11) is 1.24. The number of benzene rings is 1. The van der Waals surface area contributed by atoms with Crippen molar-refractivity contribution in [2.75, 3.05) is 32.1 Å². The summed E-state index contributed by atoms with van der Waals surface area (Å²) in [5.41, 5.74) is 0.286. The highest BCUT2D eigenvalue weighted by Crippen LogP contribution is 2.22. The SMILES string of the molecule is COC(=O)C[C@H]1C(=O)NCC[NH+]1CC(=O)Nc1ccc(F)cc1Cl. The van der Waals surface area contributed by atoms with Gasteiger partial charge in [-0.05, 0) is 18.2 Å². The monoisotopic (exact) mass is 358 g/mol. The zero-order chi connectivity index (χ0) is 17.7. The van der Waals surface area contributed by atoms with Gasteiger partial charge in [-0.25, -0.2) is 4.39 Å². The van der Waals surface area contributed by atoms with Crippen molar-refractivity contribution in [3.8, 4) is 0 Å². The van der Waals surface area contributed by atoms with Gasteiger partial charge in [-0.3, -0.25) is 14.4 Å². The molecule has 1 aliphatic rings. The van der Waals surface area contributed by atoms with Gasteiger partial charge in [-0.15, -0.1) is 0 Å². The predicted molar refractivity (Wildman–Crippen MR) is 84.2 cm³/mol. The zero-order valence-corrected chi connectivity index (χ0v) is 13.8. The van der Waals surface area contributed by atoms with Crippen molar-refractivity contribution < 1.29 is 28.4 Å². The van der Waals surface area contributed by atoms with Crippen LogP contribution in [0.2, 0.25) is 5.02 Å². The highest BCUT2D eigenvalue weighted by Gasteiger charge is 2.36. The summed E-state index contributed by atoms with van der Waals surface area (Å²) in [6.45, 7) is 0.886. The average molecular weight is 359 g/mol. The van der Waals surface area contributed by atoms with E-state index in [1.807, 2.05) is 0 Å². The van der Waals surface area contributed by atoms with E-state index in [4.69, 9.17) is 11.6 Å². The number of piperazine rings is 1. The Morgan fingerprint density at radius 1 is 1.50 bits per heavy atom. The number of methoxy groups -OCH3 is 1. The molecule has 7 nitrogen and oxygen atoms in total. The van der Waals surface area contributed by atoms with Gasteiger partial charge in [0.15, 0.2) is 12.6 Å². The highest BCUT2D eigenvalue weighted by atomic mass is 35.5. The topological polar surface area (TPSA) is 88.9 Å². The number of rotatable bonds is 5. The molecule has 0 radical (unpaired) electrons. The first-order chi connectivity index (χ1) is 11.4. The Bertz CT molecular complexity index is 656. The molecule has 2 rings (SSSR count). The average Bonchev–Trinajstić information content (AvgIpc) is 2.53. The first-order valence-electron chi connectivity index (χ1n) is 7.34. The lowest BCUT2D eigenvalue weighted by molar-refractivity contribution is -0.909. The molecule has 24 heavy (non-hydrogen) atoms. The molecule has 1 aliphatic heterocycles. The van der Waals surface area contributed by atoms with Crippen LogP contribution in [-0.2, 0) is 19.1 Å². The van der Waals surface area contributed by atoms with Crippen molar-refractivity contribution >= 4 is 35.1 Å². The van der Waals surface area contributed by atoms with Crippen LogP contribution in [0.4, 0.5) is 10.1 Å². The van der Waals surface area contributed by atoms with E-state index in [0.717, 1.165) is 6.07 Å². The molecule has 0 aliphatic carbocycles. The van der Waals surface area contributed by atoms with E-state index >= 15 is 0 Å². The molecule has 1 fully saturated rings. The number of anilines is 1. The van der Waals surface area contributed by atoms with Gasteiger partial charge in [0.25, 0.3) is 11.8 Å². The second-order valence-corrected chi connectivity index (χ2v) is 5.79. The van der Waals surface area contributed by atoms with E-state index in [-0.39, 0.29) is 35.5 Å². The number of carbonyl (C=O) groups is 3. The first-order valence-corrected chi connectivity index (χ1v) is 7.72. The minimum atomic E-state index is -0.694. The summed E-state index contributed by atoms with van der Waals surface area (Å²) < 4.78 is 17.6. The van der Waals surface area contributed by atoms with Crippen LogP contribution in [0.3, 0.4) is 0 Å². The maximum Gasteiger partial charge on any atom is 0.312 e. The number of halogens is 2. The van der Waals surface area contributed by atoms with Gasteiger partial charge >= 0.3 is 5.97 Å². The maximum absolute atomic E-state index is 13.0. The number of esters is 1.